The highest BCUT2D eigenvalue weighted by Crippen LogP contribution is 2.50. The minimum Gasteiger partial charge on any atom is -0.237 e. The molecular formula is C38H22N2S. The van der Waals surface area contributed by atoms with E-state index in [1.54, 1.807) is 0 Å². The Morgan fingerprint density at radius 2 is 1.10 bits per heavy atom. The fraction of sp³-hybridized carbons (Fsp3) is 0. The van der Waals surface area contributed by atoms with Crippen molar-refractivity contribution in [3.63, 3.8) is 0 Å². The van der Waals surface area contributed by atoms with Gasteiger partial charge >= 0.3 is 0 Å². The molecule has 0 spiro atoms. The molecule has 0 saturated heterocycles. The summed E-state index contributed by atoms with van der Waals surface area (Å²) in [4.78, 5) is 9.39. The first-order valence-corrected chi connectivity index (χ1v) is 14.6. The lowest BCUT2D eigenvalue weighted by molar-refractivity contribution is 1.29. The largest absolute Gasteiger partial charge is 0.237 e. The first-order valence-electron chi connectivity index (χ1n) is 13.8. The molecule has 3 heterocycles. The fourth-order valence-electron chi connectivity index (χ4n) is 6.56. The van der Waals surface area contributed by atoms with Gasteiger partial charge < -0.3 is 0 Å². The molecule has 0 unspecified atom stereocenters. The average Bonchev–Trinajstić information content (AvgIpc) is 3.42. The number of thiophene rings is 1. The van der Waals surface area contributed by atoms with E-state index in [2.05, 4.69) is 120 Å². The topological polar surface area (TPSA) is 25.8 Å². The van der Waals surface area contributed by atoms with Crippen LogP contribution in [0.25, 0.3) is 86.8 Å². The quantitative estimate of drug-likeness (QED) is 0.208. The summed E-state index contributed by atoms with van der Waals surface area (Å²) < 4.78 is 2.66. The molecule has 0 N–H and O–H groups in total. The van der Waals surface area contributed by atoms with E-state index in [4.69, 9.17) is 4.98 Å². The second-order valence-corrected chi connectivity index (χ2v) is 11.6. The maximum atomic E-state index is 4.79. The third kappa shape index (κ3) is 3.30. The number of pyridine rings is 2. The van der Waals surface area contributed by atoms with Gasteiger partial charge in [-0.05, 0) is 68.8 Å². The maximum absolute atomic E-state index is 4.79. The van der Waals surface area contributed by atoms with Gasteiger partial charge in [0.15, 0.2) is 5.65 Å². The molecule has 3 heteroatoms. The van der Waals surface area contributed by atoms with Crippen molar-refractivity contribution in [3.8, 4) is 55.6 Å². The zero-order valence-corrected chi connectivity index (χ0v) is 22.8. The van der Waals surface area contributed by atoms with E-state index in [-0.39, 0.29) is 0 Å². The highest BCUT2D eigenvalue weighted by atomic mass is 32.1. The van der Waals surface area contributed by atoms with E-state index in [1.807, 2.05) is 29.8 Å². The van der Waals surface area contributed by atoms with Gasteiger partial charge in [0.25, 0.3) is 0 Å². The van der Waals surface area contributed by atoms with Crippen molar-refractivity contribution in [2.75, 3.05) is 0 Å². The summed E-state index contributed by atoms with van der Waals surface area (Å²) in [5.74, 6) is 0. The van der Waals surface area contributed by atoms with Crippen LogP contribution in [-0.2, 0) is 0 Å². The van der Waals surface area contributed by atoms with Gasteiger partial charge in [-0.2, -0.15) is 0 Å². The molecule has 5 aromatic carbocycles. The van der Waals surface area contributed by atoms with Gasteiger partial charge in [-0.1, -0.05) is 97.1 Å². The standard InChI is InChI=1S/C38H22N2S/c1-2-10-26-25(9-1)28-19-18-23(24-14-7-15-31-29-12-5-6-17-35(29)41-37(24)31)21-33(28)27-11-3-4-13-30(27)36-32-16-8-20-39-38(32)40-22-34(26)36/h1-22H. The summed E-state index contributed by atoms with van der Waals surface area (Å²) in [6.45, 7) is 0. The predicted octanol–water partition coefficient (Wildman–Crippen LogP) is 10.6. The van der Waals surface area contributed by atoms with E-state index >= 15 is 0 Å². The van der Waals surface area contributed by atoms with Gasteiger partial charge in [0.2, 0.25) is 0 Å². The van der Waals surface area contributed by atoms with E-state index < -0.39 is 0 Å². The number of rotatable bonds is 1. The molecular weight excluding hydrogens is 516 g/mol. The Hall–Kier alpha value is -5.12. The Kier molecular flexibility index (Phi) is 4.80. The number of fused-ring (bicyclic) bond motifs is 13. The molecule has 190 valence electrons. The van der Waals surface area contributed by atoms with E-state index in [0.29, 0.717) is 0 Å². The first kappa shape index (κ1) is 22.7. The van der Waals surface area contributed by atoms with Crippen LogP contribution >= 0.6 is 11.3 Å². The number of nitrogens with zero attached hydrogens (tertiary/aromatic N) is 2. The van der Waals surface area contributed by atoms with Crippen molar-refractivity contribution in [3.05, 3.63) is 134 Å². The molecule has 9 rings (SSSR count). The molecule has 0 saturated carbocycles. The lowest BCUT2D eigenvalue weighted by atomic mass is 9.80. The molecule has 1 aliphatic carbocycles. The molecule has 0 amide bonds. The Morgan fingerprint density at radius 1 is 0.439 bits per heavy atom. The number of aromatic nitrogens is 2. The summed E-state index contributed by atoms with van der Waals surface area (Å²) in [6.07, 6.45) is 3.82. The Bertz CT molecular complexity index is 2330. The number of hydrogen-bond acceptors (Lipinski definition) is 3. The Balaban J connectivity index is 1.38. The number of benzene rings is 5. The second-order valence-electron chi connectivity index (χ2n) is 10.6. The van der Waals surface area contributed by atoms with E-state index in [1.165, 1.54) is 70.2 Å². The van der Waals surface area contributed by atoms with E-state index in [9.17, 15) is 0 Å². The van der Waals surface area contributed by atoms with Crippen LogP contribution in [0.1, 0.15) is 0 Å². The smallest absolute Gasteiger partial charge is 0.159 e. The summed E-state index contributed by atoms with van der Waals surface area (Å²) in [5.41, 5.74) is 12.9. The highest BCUT2D eigenvalue weighted by Gasteiger charge is 2.24. The van der Waals surface area contributed by atoms with Crippen molar-refractivity contribution in [2.45, 2.75) is 0 Å². The third-order valence-electron chi connectivity index (χ3n) is 8.37. The minimum atomic E-state index is 0.768. The summed E-state index contributed by atoms with van der Waals surface area (Å²) in [5, 5.41) is 3.72. The lowest BCUT2D eigenvalue weighted by Crippen LogP contribution is -1.99. The third-order valence-corrected chi connectivity index (χ3v) is 9.59. The molecule has 0 aliphatic heterocycles. The summed E-state index contributed by atoms with van der Waals surface area (Å²) >= 11 is 1.88. The predicted molar refractivity (Wildman–Crippen MR) is 173 cm³/mol. The minimum absolute atomic E-state index is 0.768. The zero-order chi connectivity index (χ0) is 26.9. The van der Waals surface area contributed by atoms with Gasteiger partial charge in [-0.25, -0.2) is 9.97 Å². The summed E-state index contributed by atoms with van der Waals surface area (Å²) in [7, 11) is 0. The second kappa shape index (κ2) is 8.69. The molecule has 0 fully saturated rings. The molecule has 3 aromatic heterocycles. The van der Waals surface area contributed by atoms with Gasteiger partial charge in [0.05, 0.1) is 0 Å². The van der Waals surface area contributed by atoms with Crippen LogP contribution in [0.3, 0.4) is 0 Å². The monoisotopic (exact) mass is 538 g/mol. The van der Waals surface area contributed by atoms with Gasteiger partial charge in [-0.15, -0.1) is 11.3 Å². The van der Waals surface area contributed by atoms with Crippen LogP contribution in [0.5, 0.6) is 0 Å². The maximum Gasteiger partial charge on any atom is 0.159 e. The molecule has 0 radical (unpaired) electrons. The SMILES string of the molecule is c1ccc2c(c1)-c1ccc(-c3cccc4c3sc3ccccc34)cc1-c1ccccc1-c1c-2cnc2ncccc12. The van der Waals surface area contributed by atoms with Crippen LogP contribution in [-0.4, -0.2) is 9.97 Å². The van der Waals surface area contributed by atoms with Crippen molar-refractivity contribution in [1.82, 2.24) is 9.97 Å². The van der Waals surface area contributed by atoms with Crippen molar-refractivity contribution >= 4 is 42.5 Å². The molecule has 8 aromatic rings. The fourth-order valence-corrected chi connectivity index (χ4v) is 7.80. The average molecular weight is 539 g/mol. The molecule has 2 nitrogen and oxygen atoms in total. The van der Waals surface area contributed by atoms with Gasteiger partial charge in [0, 0.05) is 49.1 Å². The highest BCUT2D eigenvalue weighted by molar-refractivity contribution is 7.26. The van der Waals surface area contributed by atoms with E-state index in [0.717, 1.165) is 16.6 Å². The summed E-state index contributed by atoms with van der Waals surface area (Å²) in [6, 6.07) is 44.1. The van der Waals surface area contributed by atoms with Gasteiger partial charge in [-0.3, -0.25) is 0 Å². The molecule has 0 atom stereocenters. The van der Waals surface area contributed by atoms with Crippen LogP contribution in [0.15, 0.2) is 134 Å². The zero-order valence-electron chi connectivity index (χ0n) is 22.0. The normalized spacial score (nSPS) is 11.9. The van der Waals surface area contributed by atoms with Crippen molar-refractivity contribution in [1.29, 1.82) is 0 Å². The Labute approximate surface area is 241 Å². The van der Waals surface area contributed by atoms with Crippen LogP contribution < -0.4 is 0 Å². The van der Waals surface area contributed by atoms with Crippen molar-refractivity contribution in [2.24, 2.45) is 0 Å². The van der Waals surface area contributed by atoms with Crippen LogP contribution in [0.4, 0.5) is 0 Å². The Morgan fingerprint density at radius 3 is 1.98 bits per heavy atom. The lowest BCUT2D eigenvalue weighted by Gasteiger charge is -2.24. The van der Waals surface area contributed by atoms with Crippen molar-refractivity contribution < 1.29 is 0 Å². The molecule has 1 aliphatic rings. The van der Waals surface area contributed by atoms with Crippen LogP contribution in [0.2, 0.25) is 0 Å². The molecule has 0 bridgehead atoms. The first-order chi connectivity index (χ1) is 20.3. The molecule has 41 heavy (non-hydrogen) atoms. The number of hydrogen-bond donors (Lipinski definition) is 0. The van der Waals surface area contributed by atoms with Gasteiger partial charge in [0.1, 0.15) is 0 Å². The van der Waals surface area contributed by atoms with Crippen LogP contribution in [0, 0.1) is 0 Å².